The Labute approximate surface area is 114 Å². The van der Waals surface area contributed by atoms with E-state index in [1.54, 1.807) is 0 Å². The minimum atomic E-state index is 0.331. The summed E-state index contributed by atoms with van der Waals surface area (Å²) in [4.78, 5) is 5.14. The number of nitrogens with two attached hydrogens (primary N) is 1. The highest BCUT2D eigenvalue weighted by molar-refractivity contribution is 5.01. The van der Waals surface area contributed by atoms with Crippen molar-refractivity contribution in [1.82, 2.24) is 9.80 Å². The lowest BCUT2D eigenvalue weighted by molar-refractivity contribution is -0.0112. The van der Waals surface area contributed by atoms with E-state index >= 15 is 0 Å². The summed E-state index contributed by atoms with van der Waals surface area (Å²) in [6.07, 6.45) is 3.86. The summed E-state index contributed by atoms with van der Waals surface area (Å²) in [5.74, 6) is 0.866. The van der Waals surface area contributed by atoms with Crippen molar-refractivity contribution in [3.05, 3.63) is 0 Å². The lowest BCUT2D eigenvalue weighted by Gasteiger charge is -2.53. The molecule has 1 saturated carbocycles. The summed E-state index contributed by atoms with van der Waals surface area (Å²) in [5.41, 5.74) is 6.37. The van der Waals surface area contributed by atoms with Crippen molar-refractivity contribution in [2.75, 3.05) is 39.3 Å². The number of nitrogens with zero attached hydrogens (tertiary/aromatic N) is 2. The van der Waals surface area contributed by atoms with Gasteiger partial charge in [0.1, 0.15) is 0 Å². The van der Waals surface area contributed by atoms with Gasteiger partial charge in [-0.15, -0.1) is 0 Å². The molecule has 0 saturated heterocycles. The molecular weight excluding hydrogens is 222 g/mol. The zero-order valence-corrected chi connectivity index (χ0v) is 12.9. The van der Waals surface area contributed by atoms with Crippen LogP contribution in [0.5, 0.6) is 0 Å². The van der Waals surface area contributed by atoms with Gasteiger partial charge in [0.05, 0.1) is 0 Å². The summed E-state index contributed by atoms with van der Waals surface area (Å²) in [6.45, 7) is 15.8. The zero-order chi connectivity index (χ0) is 13.6. The fourth-order valence-electron chi connectivity index (χ4n) is 3.55. The molecule has 0 radical (unpaired) electrons. The van der Waals surface area contributed by atoms with Crippen LogP contribution in [0.4, 0.5) is 0 Å². The van der Waals surface area contributed by atoms with Crippen LogP contribution >= 0.6 is 0 Å². The Hall–Kier alpha value is -0.120. The average molecular weight is 255 g/mol. The fraction of sp³-hybridized carbons (Fsp3) is 1.00. The van der Waals surface area contributed by atoms with Crippen LogP contribution in [0.3, 0.4) is 0 Å². The van der Waals surface area contributed by atoms with Crippen molar-refractivity contribution in [3.8, 4) is 0 Å². The first-order valence-electron chi connectivity index (χ1n) is 7.79. The van der Waals surface area contributed by atoms with Crippen molar-refractivity contribution in [3.63, 3.8) is 0 Å². The van der Waals surface area contributed by atoms with Crippen molar-refractivity contribution in [2.45, 2.75) is 52.5 Å². The molecule has 2 N–H and O–H groups in total. The van der Waals surface area contributed by atoms with Gasteiger partial charge in [-0.3, -0.25) is 4.90 Å². The van der Waals surface area contributed by atoms with Crippen LogP contribution in [0, 0.1) is 5.92 Å². The van der Waals surface area contributed by atoms with E-state index in [0.29, 0.717) is 5.54 Å². The maximum Gasteiger partial charge on any atom is 0.0336 e. The Morgan fingerprint density at radius 2 is 1.67 bits per heavy atom. The van der Waals surface area contributed by atoms with Crippen LogP contribution in [0.2, 0.25) is 0 Å². The smallest absolute Gasteiger partial charge is 0.0336 e. The monoisotopic (exact) mass is 255 g/mol. The van der Waals surface area contributed by atoms with Crippen LogP contribution in [-0.4, -0.2) is 54.6 Å². The van der Waals surface area contributed by atoms with Gasteiger partial charge >= 0.3 is 0 Å². The van der Waals surface area contributed by atoms with Gasteiger partial charge < -0.3 is 10.6 Å². The molecule has 0 aromatic rings. The molecule has 0 atom stereocenters. The first-order chi connectivity index (χ1) is 8.61. The Balaban J connectivity index is 2.37. The zero-order valence-electron chi connectivity index (χ0n) is 12.9. The van der Waals surface area contributed by atoms with Crippen molar-refractivity contribution >= 4 is 0 Å². The van der Waals surface area contributed by atoms with Crippen LogP contribution in [-0.2, 0) is 0 Å². The van der Waals surface area contributed by atoms with Gasteiger partial charge in [0.15, 0.2) is 0 Å². The van der Waals surface area contributed by atoms with Gasteiger partial charge in [-0.2, -0.15) is 0 Å². The third-order valence-electron chi connectivity index (χ3n) is 4.69. The second-order valence-electron chi connectivity index (χ2n) is 5.90. The van der Waals surface area contributed by atoms with Crippen molar-refractivity contribution < 1.29 is 0 Å². The Bertz CT molecular complexity index is 220. The molecule has 0 aromatic carbocycles. The molecule has 0 heterocycles. The van der Waals surface area contributed by atoms with E-state index < -0.39 is 0 Å². The third kappa shape index (κ3) is 3.69. The normalized spacial score (nSPS) is 27.8. The standard InChI is InChI=1S/C15H33N3/c1-5-17(6-2)9-8-10-18(7-3)15(13-16)11-14(4)12-15/h14H,5-13,16H2,1-4H3. The Morgan fingerprint density at radius 3 is 2.06 bits per heavy atom. The fourth-order valence-corrected chi connectivity index (χ4v) is 3.55. The van der Waals surface area contributed by atoms with E-state index in [4.69, 9.17) is 5.73 Å². The van der Waals surface area contributed by atoms with Crippen molar-refractivity contribution in [1.29, 1.82) is 0 Å². The topological polar surface area (TPSA) is 32.5 Å². The molecule has 108 valence electrons. The molecule has 1 rings (SSSR count). The summed E-state index contributed by atoms with van der Waals surface area (Å²) in [7, 11) is 0. The molecule has 0 aliphatic heterocycles. The molecule has 0 spiro atoms. The molecule has 1 aliphatic carbocycles. The number of rotatable bonds is 9. The third-order valence-corrected chi connectivity index (χ3v) is 4.69. The van der Waals surface area contributed by atoms with E-state index in [1.165, 1.54) is 45.4 Å². The van der Waals surface area contributed by atoms with Crippen LogP contribution in [0.1, 0.15) is 47.0 Å². The summed E-state index contributed by atoms with van der Waals surface area (Å²) >= 11 is 0. The van der Waals surface area contributed by atoms with Gasteiger partial charge in [0.2, 0.25) is 0 Å². The Morgan fingerprint density at radius 1 is 1.06 bits per heavy atom. The van der Waals surface area contributed by atoms with Crippen molar-refractivity contribution in [2.24, 2.45) is 11.7 Å². The van der Waals surface area contributed by atoms with Gasteiger partial charge in [0.25, 0.3) is 0 Å². The maximum absolute atomic E-state index is 6.04. The molecule has 0 amide bonds. The highest BCUT2D eigenvalue weighted by atomic mass is 15.2. The van der Waals surface area contributed by atoms with Gasteiger partial charge in [-0.1, -0.05) is 27.7 Å². The lowest BCUT2D eigenvalue weighted by Crippen LogP contribution is -2.61. The van der Waals surface area contributed by atoms with E-state index in [1.807, 2.05) is 0 Å². The molecule has 0 unspecified atom stereocenters. The van der Waals surface area contributed by atoms with E-state index in [9.17, 15) is 0 Å². The van der Waals surface area contributed by atoms with Crippen LogP contribution < -0.4 is 5.73 Å². The van der Waals surface area contributed by atoms with Crippen LogP contribution in [0.25, 0.3) is 0 Å². The maximum atomic E-state index is 6.04. The highest BCUT2D eigenvalue weighted by Crippen LogP contribution is 2.41. The first-order valence-corrected chi connectivity index (χ1v) is 7.79. The minimum Gasteiger partial charge on any atom is -0.329 e. The van der Waals surface area contributed by atoms with Crippen LogP contribution in [0.15, 0.2) is 0 Å². The predicted octanol–water partition coefficient (Wildman–Crippen LogP) is 2.17. The summed E-state index contributed by atoms with van der Waals surface area (Å²) < 4.78 is 0. The Kier molecular flexibility index (Phi) is 6.61. The van der Waals surface area contributed by atoms with Gasteiger partial charge in [-0.25, -0.2) is 0 Å². The number of hydrogen-bond donors (Lipinski definition) is 1. The van der Waals surface area contributed by atoms with E-state index in [-0.39, 0.29) is 0 Å². The van der Waals surface area contributed by atoms with Gasteiger partial charge in [-0.05, 0) is 57.9 Å². The quantitative estimate of drug-likeness (QED) is 0.685. The second kappa shape index (κ2) is 7.46. The van der Waals surface area contributed by atoms with E-state index in [0.717, 1.165) is 19.0 Å². The summed E-state index contributed by atoms with van der Waals surface area (Å²) in [6, 6.07) is 0. The lowest BCUT2D eigenvalue weighted by atomic mass is 9.68. The summed E-state index contributed by atoms with van der Waals surface area (Å²) in [5, 5.41) is 0. The molecule has 1 fully saturated rings. The first kappa shape index (κ1) is 15.9. The molecular formula is C15H33N3. The van der Waals surface area contributed by atoms with E-state index in [2.05, 4.69) is 37.5 Å². The molecule has 3 nitrogen and oxygen atoms in total. The SMILES string of the molecule is CCN(CC)CCCN(CC)C1(CN)CC(C)C1. The minimum absolute atomic E-state index is 0.331. The van der Waals surface area contributed by atoms with Gasteiger partial charge in [0, 0.05) is 12.1 Å². The largest absolute Gasteiger partial charge is 0.329 e. The number of likely N-dealkylation sites (N-methyl/N-ethyl adjacent to an activating group) is 1. The molecule has 1 aliphatic rings. The molecule has 18 heavy (non-hydrogen) atoms. The second-order valence-corrected chi connectivity index (χ2v) is 5.90. The molecule has 0 bridgehead atoms. The predicted molar refractivity (Wildman–Crippen MR) is 79.8 cm³/mol. The molecule has 3 heteroatoms. The highest BCUT2D eigenvalue weighted by Gasteiger charge is 2.44. The average Bonchev–Trinajstić information content (AvgIpc) is 2.35. The molecule has 0 aromatic heterocycles. The number of hydrogen-bond acceptors (Lipinski definition) is 3.